The second-order valence-corrected chi connectivity index (χ2v) is 14.5. The van der Waals surface area contributed by atoms with Crippen LogP contribution in [0.3, 0.4) is 0 Å². The molecule has 0 aliphatic carbocycles. The summed E-state index contributed by atoms with van der Waals surface area (Å²) in [6.07, 6.45) is 64.7. The van der Waals surface area contributed by atoms with Crippen LogP contribution in [0, 0.1) is 0 Å². The Balaban J connectivity index is 4.33. The molecule has 0 saturated carbocycles. The summed E-state index contributed by atoms with van der Waals surface area (Å²) >= 11 is 0. The normalized spacial score (nSPS) is 14.9. The van der Waals surface area contributed by atoms with Gasteiger partial charge >= 0.3 is 13.8 Å². The first kappa shape index (κ1) is 54.4. The average Bonchev–Trinajstić information content (AvgIpc) is 3.21. The van der Waals surface area contributed by atoms with Gasteiger partial charge in [-0.15, -0.1) is 0 Å². The van der Waals surface area contributed by atoms with E-state index in [1.165, 1.54) is 0 Å². The van der Waals surface area contributed by atoms with Crippen LogP contribution in [0.5, 0.6) is 0 Å². The summed E-state index contributed by atoms with van der Waals surface area (Å²) in [5.74, 6) is -0.439. The minimum atomic E-state index is -4.33. The molecule has 0 heterocycles. The summed E-state index contributed by atoms with van der Waals surface area (Å²) in [4.78, 5) is 22.4. The molecule has 0 aliphatic heterocycles. The van der Waals surface area contributed by atoms with Crippen molar-refractivity contribution < 1.29 is 32.8 Å². The fourth-order valence-corrected chi connectivity index (χ4v) is 5.51. The number of ether oxygens (including phenoxy) is 2. The van der Waals surface area contributed by atoms with Crippen molar-refractivity contribution in [3.05, 3.63) is 146 Å². The number of hydrogen-bond donors (Lipinski definition) is 2. The Morgan fingerprint density at radius 2 is 0.879 bits per heavy atom. The Bertz CT molecular complexity index is 1380. The lowest BCUT2D eigenvalue weighted by molar-refractivity contribution is -0.154. The van der Waals surface area contributed by atoms with Crippen LogP contribution in [0.1, 0.15) is 117 Å². The van der Waals surface area contributed by atoms with Gasteiger partial charge in [0.1, 0.15) is 6.10 Å². The SMILES string of the molecule is CC/C=C\C/C=C\C/C=C\C/C=C\C/C=C\C/C=C\CCCOCC(COP(=O)(O)OCCN)OC(=O)CC/C=C\C/C=C\C/C=C\C/C=C\C/C=C\C/C=C\CC. The summed E-state index contributed by atoms with van der Waals surface area (Å²) in [5.41, 5.74) is 5.36. The molecule has 2 unspecified atom stereocenters. The molecular formula is C49H76NO7P. The van der Waals surface area contributed by atoms with E-state index in [0.717, 1.165) is 89.9 Å². The fourth-order valence-electron chi connectivity index (χ4n) is 4.74. The zero-order valence-electron chi connectivity index (χ0n) is 35.7. The molecule has 0 fully saturated rings. The van der Waals surface area contributed by atoms with Gasteiger partial charge in [-0.1, -0.05) is 160 Å². The van der Waals surface area contributed by atoms with Crippen LogP contribution < -0.4 is 5.73 Å². The Hall–Kier alpha value is -3.62. The van der Waals surface area contributed by atoms with Gasteiger partial charge < -0.3 is 20.1 Å². The van der Waals surface area contributed by atoms with Gasteiger partial charge in [0.2, 0.25) is 0 Å². The van der Waals surface area contributed by atoms with Crippen molar-refractivity contribution in [1.29, 1.82) is 0 Å². The summed E-state index contributed by atoms with van der Waals surface area (Å²) in [6, 6.07) is 0. The van der Waals surface area contributed by atoms with Crippen molar-refractivity contribution in [1.82, 2.24) is 0 Å². The van der Waals surface area contributed by atoms with Crippen LogP contribution in [0.15, 0.2) is 146 Å². The lowest BCUT2D eigenvalue weighted by Gasteiger charge is -2.19. The second-order valence-electron chi connectivity index (χ2n) is 13.1. The van der Waals surface area contributed by atoms with Gasteiger partial charge in [-0.3, -0.25) is 13.8 Å². The van der Waals surface area contributed by atoms with E-state index in [1.54, 1.807) is 0 Å². The molecule has 0 aromatic rings. The highest BCUT2D eigenvalue weighted by Gasteiger charge is 2.25. The molecule has 324 valence electrons. The van der Waals surface area contributed by atoms with Crippen molar-refractivity contribution in [3.8, 4) is 0 Å². The highest BCUT2D eigenvalue weighted by Crippen LogP contribution is 2.43. The highest BCUT2D eigenvalue weighted by atomic mass is 31.2. The zero-order chi connectivity index (χ0) is 42.3. The number of unbranched alkanes of at least 4 members (excludes halogenated alkanes) is 1. The van der Waals surface area contributed by atoms with Crippen molar-refractivity contribution in [2.45, 2.75) is 123 Å². The molecule has 0 amide bonds. The van der Waals surface area contributed by atoms with Gasteiger partial charge in [0.05, 0.1) is 19.8 Å². The monoisotopic (exact) mass is 822 g/mol. The third-order valence-corrected chi connectivity index (χ3v) is 8.75. The van der Waals surface area contributed by atoms with Gasteiger partial charge in [-0.25, -0.2) is 4.57 Å². The highest BCUT2D eigenvalue weighted by molar-refractivity contribution is 7.47. The predicted octanol–water partition coefficient (Wildman–Crippen LogP) is 13.0. The van der Waals surface area contributed by atoms with Crippen molar-refractivity contribution in [2.24, 2.45) is 5.73 Å². The summed E-state index contributed by atoms with van der Waals surface area (Å²) in [5, 5.41) is 0. The van der Waals surface area contributed by atoms with Crippen LogP contribution in [-0.4, -0.2) is 49.9 Å². The largest absolute Gasteiger partial charge is 0.472 e. The van der Waals surface area contributed by atoms with Crippen LogP contribution in [-0.2, 0) is 27.9 Å². The van der Waals surface area contributed by atoms with E-state index in [1.807, 2.05) is 12.2 Å². The third-order valence-electron chi connectivity index (χ3n) is 7.77. The van der Waals surface area contributed by atoms with E-state index in [0.29, 0.717) is 13.0 Å². The molecule has 0 aliphatic rings. The number of nitrogens with two attached hydrogens (primary N) is 1. The lowest BCUT2D eigenvalue weighted by atomic mass is 10.2. The topological polar surface area (TPSA) is 117 Å². The van der Waals surface area contributed by atoms with Crippen LogP contribution in [0.4, 0.5) is 0 Å². The maximum atomic E-state index is 12.6. The van der Waals surface area contributed by atoms with Gasteiger partial charge in [0.15, 0.2) is 0 Å². The molecule has 8 nitrogen and oxygen atoms in total. The van der Waals surface area contributed by atoms with Crippen molar-refractivity contribution in [3.63, 3.8) is 0 Å². The molecule has 2 atom stereocenters. The molecule has 0 radical (unpaired) electrons. The van der Waals surface area contributed by atoms with Crippen LogP contribution in [0.2, 0.25) is 0 Å². The number of rotatable bonds is 38. The molecule has 0 saturated heterocycles. The Morgan fingerprint density at radius 3 is 1.26 bits per heavy atom. The third kappa shape index (κ3) is 43.5. The zero-order valence-corrected chi connectivity index (χ0v) is 36.6. The summed E-state index contributed by atoms with van der Waals surface area (Å²) in [7, 11) is -4.33. The molecule has 0 aromatic heterocycles. The Labute approximate surface area is 352 Å². The van der Waals surface area contributed by atoms with E-state index in [4.69, 9.17) is 24.3 Å². The number of esters is 1. The van der Waals surface area contributed by atoms with Gasteiger partial charge in [-0.2, -0.15) is 0 Å². The minimum Gasteiger partial charge on any atom is -0.457 e. The number of carbonyl (C=O) groups excluding carboxylic acids is 1. The molecule has 3 N–H and O–H groups in total. The number of hydrogen-bond acceptors (Lipinski definition) is 7. The van der Waals surface area contributed by atoms with E-state index in [-0.39, 0.29) is 32.8 Å². The van der Waals surface area contributed by atoms with Crippen molar-refractivity contribution in [2.75, 3.05) is 33.0 Å². The molecule has 9 heteroatoms. The van der Waals surface area contributed by atoms with E-state index in [2.05, 4.69) is 148 Å². The first-order chi connectivity index (χ1) is 28.4. The van der Waals surface area contributed by atoms with Gasteiger partial charge in [0, 0.05) is 19.6 Å². The van der Waals surface area contributed by atoms with Crippen molar-refractivity contribution >= 4 is 13.8 Å². The van der Waals surface area contributed by atoms with Crippen LogP contribution in [0.25, 0.3) is 0 Å². The van der Waals surface area contributed by atoms with Crippen LogP contribution >= 0.6 is 7.82 Å². The summed E-state index contributed by atoms with van der Waals surface area (Å²) < 4.78 is 33.2. The molecule has 0 spiro atoms. The first-order valence-electron chi connectivity index (χ1n) is 21.3. The Kier molecular flexibility index (Phi) is 41.7. The molecule has 58 heavy (non-hydrogen) atoms. The Morgan fingerprint density at radius 1 is 0.517 bits per heavy atom. The lowest BCUT2D eigenvalue weighted by Crippen LogP contribution is -2.28. The van der Waals surface area contributed by atoms with E-state index < -0.39 is 19.9 Å². The molecular weight excluding hydrogens is 746 g/mol. The molecule has 0 bridgehead atoms. The van der Waals surface area contributed by atoms with Gasteiger partial charge in [0.25, 0.3) is 0 Å². The molecule has 0 aromatic carbocycles. The first-order valence-corrected chi connectivity index (χ1v) is 22.8. The number of allylic oxidation sites excluding steroid dienone is 24. The van der Waals surface area contributed by atoms with E-state index >= 15 is 0 Å². The maximum Gasteiger partial charge on any atom is 0.472 e. The maximum absolute atomic E-state index is 12.6. The van der Waals surface area contributed by atoms with Gasteiger partial charge in [-0.05, 0) is 96.3 Å². The smallest absolute Gasteiger partial charge is 0.457 e. The quantitative estimate of drug-likeness (QED) is 0.0274. The number of carbonyl (C=O) groups is 1. The average molecular weight is 822 g/mol. The predicted molar refractivity (Wildman–Crippen MR) is 246 cm³/mol. The number of phosphoric ester groups is 1. The summed E-state index contributed by atoms with van der Waals surface area (Å²) in [6.45, 7) is 4.37. The standard InChI is InChI=1S/C49H76NO7P/c1-3-5-7-9-11-13-15-17-19-21-23-25-27-29-31-33-35-37-39-41-44-54-46-48(47-56-58(52,53)55-45-43-50)57-49(51)42-40-38-36-34-32-30-28-26-24-22-20-18-16-14-12-10-8-6-4-2/h5-8,11-14,17-20,23-26,29-32,35-38,48H,3-4,9-10,15-16,21-22,27-28,33-34,39-47,50H2,1-2H3,(H,52,53)/b7-5-,8-6-,13-11-,14-12-,19-17-,20-18-,25-23-,26-24-,31-29-,32-30-,37-35-,38-36-. The minimum absolute atomic E-state index is 0.0340. The van der Waals surface area contributed by atoms with E-state index in [9.17, 15) is 14.3 Å². The number of phosphoric acid groups is 1. The molecule has 0 rings (SSSR count). The second kappa shape index (κ2) is 44.5. The fraction of sp³-hybridized carbons (Fsp3) is 0.490.